The maximum Gasteiger partial charge on any atom is 0.241 e. The Labute approximate surface area is 183 Å². The molecule has 1 aromatic rings. The largest absolute Gasteiger partial charge is 0.454 e. The molecule has 5 rings (SSSR count). The molecule has 2 amide bonds. The fourth-order valence-electron chi connectivity index (χ4n) is 3.92. The zero-order valence-corrected chi connectivity index (χ0v) is 17.5. The summed E-state index contributed by atoms with van der Waals surface area (Å²) in [6.07, 6.45) is 6.98. The number of carbonyl (C=O) groups excluding carboxylic acids is 2. The van der Waals surface area contributed by atoms with E-state index in [9.17, 15) is 9.59 Å². The van der Waals surface area contributed by atoms with E-state index in [1.54, 1.807) is 35.5 Å². The van der Waals surface area contributed by atoms with Gasteiger partial charge in [-0.3, -0.25) is 14.5 Å². The molecule has 10 nitrogen and oxygen atoms in total. The molecule has 0 aromatic carbocycles. The number of hydrogen-bond donors (Lipinski definition) is 0. The van der Waals surface area contributed by atoms with Crippen molar-refractivity contribution in [2.24, 2.45) is 10.9 Å². The summed E-state index contributed by atoms with van der Waals surface area (Å²) in [6, 6.07) is 1.77. The third kappa shape index (κ3) is 3.76. The molecule has 2 fully saturated rings. The highest BCUT2D eigenvalue weighted by Crippen LogP contribution is 2.31. The Morgan fingerprint density at radius 2 is 1.87 bits per heavy atom. The molecule has 1 atom stereocenters. The molecule has 2 saturated heterocycles. The van der Waals surface area contributed by atoms with Crippen LogP contribution in [0.25, 0.3) is 0 Å². The molecule has 0 radical (unpaired) electrons. The van der Waals surface area contributed by atoms with Crippen molar-refractivity contribution >= 4 is 40.8 Å². The molecule has 0 N–H and O–H groups in total. The van der Waals surface area contributed by atoms with E-state index in [4.69, 9.17) is 21.7 Å². The zero-order valence-electron chi connectivity index (χ0n) is 16.6. The predicted molar refractivity (Wildman–Crippen MR) is 114 cm³/mol. The summed E-state index contributed by atoms with van der Waals surface area (Å²) < 4.78 is 10.7. The lowest BCUT2D eigenvalue weighted by atomic mass is 9.94. The number of thiocarbonyl (C=S) groups is 1. The lowest BCUT2D eigenvalue weighted by Crippen LogP contribution is -2.51. The van der Waals surface area contributed by atoms with E-state index in [0.29, 0.717) is 49.4 Å². The number of rotatable bonds is 4. The first-order valence-corrected chi connectivity index (χ1v) is 10.4. The van der Waals surface area contributed by atoms with Crippen LogP contribution in [0, 0.1) is 5.92 Å². The Hall–Kier alpha value is -3.34. The van der Waals surface area contributed by atoms with E-state index in [1.807, 2.05) is 0 Å². The topological polar surface area (TPSA) is 100 Å². The number of carbonyl (C=O) groups is 2. The van der Waals surface area contributed by atoms with Crippen molar-refractivity contribution in [3.05, 3.63) is 42.1 Å². The highest BCUT2D eigenvalue weighted by molar-refractivity contribution is 7.80. The standard InChI is InChI=1S/C20H20N6O4S/c27-17(24-6-8-25(9-7-24)19-21-3-1-4-22-19)2-5-26-18(28)13-10-15-16(30-12-29-15)11-14(13)23-20(26)31/h1,3-4,10-11,13H,2,5-9,12H2. The van der Waals surface area contributed by atoms with E-state index in [-0.39, 0.29) is 36.7 Å². The van der Waals surface area contributed by atoms with Crippen molar-refractivity contribution in [1.29, 1.82) is 0 Å². The number of fused-ring (bicyclic) bond motifs is 2. The van der Waals surface area contributed by atoms with Gasteiger partial charge in [-0.25, -0.2) is 15.0 Å². The van der Waals surface area contributed by atoms with Gasteiger partial charge in [0.1, 0.15) is 5.92 Å². The van der Waals surface area contributed by atoms with Crippen molar-refractivity contribution in [2.75, 3.05) is 44.4 Å². The second-order valence-electron chi connectivity index (χ2n) is 7.40. The van der Waals surface area contributed by atoms with Crippen molar-refractivity contribution < 1.29 is 19.1 Å². The lowest BCUT2D eigenvalue weighted by molar-refractivity contribution is -0.133. The van der Waals surface area contributed by atoms with E-state index in [1.165, 1.54) is 4.90 Å². The first-order valence-electron chi connectivity index (χ1n) is 10.0. The van der Waals surface area contributed by atoms with Gasteiger partial charge in [0.15, 0.2) is 11.5 Å². The number of amides is 2. The molecule has 3 aliphatic heterocycles. The molecule has 1 aromatic heterocycles. The second-order valence-corrected chi connectivity index (χ2v) is 7.76. The minimum Gasteiger partial charge on any atom is -0.454 e. The number of allylic oxidation sites excluding steroid dienone is 1. The number of aromatic nitrogens is 2. The first-order chi connectivity index (χ1) is 15.1. The molecule has 4 heterocycles. The van der Waals surface area contributed by atoms with Crippen LogP contribution in [0.1, 0.15) is 6.42 Å². The number of nitrogens with zero attached hydrogens (tertiary/aromatic N) is 6. The lowest BCUT2D eigenvalue weighted by Gasteiger charge is -2.35. The van der Waals surface area contributed by atoms with Gasteiger partial charge in [0, 0.05) is 57.6 Å². The third-order valence-electron chi connectivity index (χ3n) is 5.59. The molecule has 4 aliphatic rings. The van der Waals surface area contributed by atoms with Crippen LogP contribution in [0.4, 0.5) is 5.95 Å². The summed E-state index contributed by atoms with van der Waals surface area (Å²) in [7, 11) is 0. The summed E-state index contributed by atoms with van der Waals surface area (Å²) in [6.45, 7) is 2.81. The van der Waals surface area contributed by atoms with Crippen molar-refractivity contribution in [2.45, 2.75) is 6.42 Å². The van der Waals surface area contributed by atoms with Crippen LogP contribution in [0.3, 0.4) is 0 Å². The number of aliphatic imine (C=N–C) groups is 1. The normalized spacial score (nSPS) is 22.6. The summed E-state index contributed by atoms with van der Waals surface area (Å²) in [5.74, 6) is 0.984. The van der Waals surface area contributed by atoms with Gasteiger partial charge in [-0.1, -0.05) is 0 Å². The SMILES string of the molecule is O=C(CCN1C(=O)C2C=C3OCOC3=CC2=NC1=S)N1CCN(c2ncccn2)CC1. The summed E-state index contributed by atoms with van der Waals surface area (Å²) in [4.78, 5) is 43.9. The Morgan fingerprint density at radius 3 is 2.65 bits per heavy atom. The molecule has 160 valence electrons. The Morgan fingerprint density at radius 1 is 1.13 bits per heavy atom. The van der Waals surface area contributed by atoms with E-state index >= 15 is 0 Å². The van der Waals surface area contributed by atoms with Gasteiger partial charge in [0.25, 0.3) is 0 Å². The number of hydrogen-bond acceptors (Lipinski definition) is 8. The maximum absolute atomic E-state index is 13.0. The average Bonchev–Trinajstić information content (AvgIpc) is 3.26. The van der Waals surface area contributed by atoms with Crippen LogP contribution < -0.4 is 4.90 Å². The highest BCUT2D eigenvalue weighted by Gasteiger charge is 2.38. The molecule has 1 aliphatic carbocycles. The molecule has 0 saturated carbocycles. The van der Waals surface area contributed by atoms with Crippen LogP contribution in [0.5, 0.6) is 0 Å². The van der Waals surface area contributed by atoms with Crippen LogP contribution in [-0.4, -0.2) is 81.9 Å². The minimum atomic E-state index is -0.573. The Kier molecular flexibility index (Phi) is 5.10. The smallest absolute Gasteiger partial charge is 0.241 e. The average molecular weight is 440 g/mol. The molecule has 0 spiro atoms. The van der Waals surface area contributed by atoms with E-state index in [0.717, 1.165) is 0 Å². The van der Waals surface area contributed by atoms with Crippen molar-refractivity contribution in [3.63, 3.8) is 0 Å². The molecular formula is C20H20N6O4S. The third-order valence-corrected chi connectivity index (χ3v) is 5.90. The highest BCUT2D eigenvalue weighted by atomic mass is 32.1. The zero-order chi connectivity index (χ0) is 21.4. The summed E-state index contributed by atoms with van der Waals surface area (Å²) >= 11 is 5.32. The maximum atomic E-state index is 13.0. The molecule has 31 heavy (non-hydrogen) atoms. The molecular weight excluding hydrogens is 420 g/mol. The summed E-state index contributed by atoms with van der Waals surface area (Å²) in [5, 5.41) is 0.169. The van der Waals surface area contributed by atoms with Crippen LogP contribution in [0.15, 0.2) is 47.1 Å². The minimum absolute atomic E-state index is 0.0179. The van der Waals surface area contributed by atoms with Gasteiger partial charge >= 0.3 is 0 Å². The van der Waals surface area contributed by atoms with E-state index in [2.05, 4.69) is 19.9 Å². The predicted octanol–water partition coefficient (Wildman–Crippen LogP) is 0.485. The summed E-state index contributed by atoms with van der Waals surface area (Å²) in [5.41, 5.74) is 0.543. The van der Waals surface area contributed by atoms with Crippen LogP contribution in [-0.2, 0) is 19.1 Å². The number of piperazine rings is 1. The van der Waals surface area contributed by atoms with E-state index < -0.39 is 5.92 Å². The van der Waals surface area contributed by atoms with Crippen LogP contribution in [0.2, 0.25) is 0 Å². The molecule has 0 bridgehead atoms. The van der Waals surface area contributed by atoms with Crippen LogP contribution >= 0.6 is 12.2 Å². The Balaban J connectivity index is 1.18. The van der Waals surface area contributed by atoms with Crippen molar-refractivity contribution in [3.8, 4) is 0 Å². The van der Waals surface area contributed by atoms with Gasteiger partial charge < -0.3 is 19.3 Å². The van der Waals surface area contributed by atoms with Gasteiger partial charge in [0.05, 0.1) is 5.71 Å². The second kappa shape index (κ2) is 8.06. The monoisotopic (exact) mass is 440 g/mol. The van der Waals surface area contributed by atoms with Gasteiger partial charge in [-0.15, -0.1) is 0 Å². The first kappa shape index (κ1) is 19.6. The van der Waals surface area contributed by atoms with Crippen molar-refractivity contribution in [1.82, 2.24) is 19.8 Å². The number of ether oxygens (including phenoxy) is 2. The van der Waals surface area contributed by atoms with Gasteiger partial charge in [0.2, 0.25) is 29.7 Å². The number of anilines is 1. The quantitative estimate of drug-likeness (QED) is 0.624. The fourth-order valence-corrected chi connectivity index (χ4v) is 4.20. The fraction of sp³-hybridized carbons (Fsp3) is 0.400. The Bertz CT molecular complexity index is 1020. The van der Waals surface area contributed by atoms with Gasteiger partial charge in [-0.2, -0.15) is 0 Å². The molecule has 1 unspecified atom stereocenters. The van der Waals surface area contributed by atoms with Gasteiger partial charge in [-0.05, 0) is 24.4 Å². The molecule has 11 heteroatoms.